The summed E-state index contributed by atoms with van der Waals surface area (Å²) in [5.41, 5.74) is 1.70. The van der Waals surface area contributed by atoms with Crippen LogP contribution >= 0.6 is 11.3 Å². The van der Waals surface area contributed by atoms with Gasteiger partial charge in [0, 0.05) is 11.7 Å². The number of carbonyl (C=O) groups is 1. The van der Waals surface area contributed by atoms with Crippen molar-refractivity contribution >= 4 is 17.3 Å². The molecular weight excluding hydrogens is 138 g/mol. The van der Waals surface area contributed by atoms with Gasteiger partial charge in [0.2, 0.25) is 6.20 Å². The van der Waals surface area contributed by atoms with E-state index >= 15 is 0 Å². The van der Waals surface area contributed by atoms with E-state index in [1.54, 1.807) is 11.7 Å². The molecule has 0 aromatic carbocycles. The number of nitrogens with zero attached hydrogens (tertiary/aromatic N) is 1. The Kier molecular flexibility index (Phi) is 1.79. The Labute approximate surface area is 56.5 Å². The first-order valence-corrected chi connectivity index (χ1v) is 3.35. The second-order valence-electron chi connectivity index (χ2n) is 1.47. The topological polar surface area (TPSA) is 30.2 Å². The van der Waals surface area contributed by atoms with Gasteiger partial charge < -0.3 is 0 Å². The molecule has 48 valence electrons. The molecule has 0 amide bonds. The number of rotatable bonds is 1. The van der Waals surface area contributed by atoms with Crippen LogP contribution in [0, 0.1) is 0 Å². The van der Waals surface area contributed by atoms with Gasteiger partial charge in [-0.2, -0.15) is 4.84 Å². The molecule has 0 aliphatic heterocycles. The molecule has 0 saturated carbocycles. The second kappa shape index (κ2) is 2.59. The predicted molar refractivity (Wildman–Crippen MR) is 31.8 cm³/mol. The van der Waals surface area contributed by atoms with Crippen LogP contribution in [0.4, 0.5) is 0 Å². The largest absolute Gasteiger partial charge is 0.377 e. The van der Waals surface area contributed by atoms with Crippen molar-refractivity contribution in [2.45, 2.75) is 6.92 Å². The van der Waals surface area contributed by atoms with E-state index < -0.39 is 0 Å². The number of hydrogen-bond donors (Lipinski definition) is 0. The minimum absolute atomic E-state index is 0.307. The summed E-state index contributed by atoms with van der Waals surface area (Å²) in [7, 11) is 0. The minimum atomic E-state index is -0.307. The van der Waals surface area contributed by atoms with Gasteiger partial charge in [-0.25, -0.2) is 4.79 Å². The second-order valence-corrected chi connectivity index (χ2v) is 2.22. The van der Waals surface area contributed by atoms with Gasteiger partial charge in [0.05, 0.1) is 5.38 Å². The molecule has 0 fully saturated rings. The quantitative estimate of drug-likeness (QED) is 0.520. The highest BCUT2D eigenvalue weighted by Crippen LogP contribution is 1.85. The average molecular weight is 144 g/mol. The van der Waals surface area contributed by atoms with E-state index in [1.807, 2.05) is 5.38 Å². The zero-order valence-electron chi connectivity index (χ0n) is 4.90. The zero-order chi connectivity index (χ0) is 6.69. The number of carbonyl (C=O) groups excluding carboxylic acids is 1. The Morgan fingerprint density at radius 3 is 3.00 bits per heavy atom. The fourth-order valence-electron chi connectivity index (χ4n) is 0.426. The van der Waals surface area contributed by atoms with Gasteiger partial charge in [-0.15, -0.1) is 0 Å². The van der Waals surface area contributed by atoms with Crippen molar-refractivity contribution in [2.24, 2.45) is 0 Å². The van der Waals surface area contributed by atoms with Gasteiger partial charge in [0.25, 0.3) is 5.51 Å². The van der Waals surface area contributed by atoms with Gasteiger partial charge >= 0.3 is 5.97 Å². The van der Waals surface area contributed by atoms with Gasteiger partial charge in [-0.05, 0) is 0 Å². The fourth-order valence-corrected chi connectivity index (χ4v) is 0.920. The van der Waals surface area contributed by atoms with Gasteiger partial charge in [0.1, 0.15) is 0 Å². The van der Waals surface area contributed by atoms with E-state index in [0.717, 1.165) is 0 Å². The van der Waals surface area contributed by atoms with Crippen molar-refractivity contribution in [3.05, 3.63) is 17.1 Å². The lowest BCUT2D eigenvalue weighted by molar-refractivity contribution is -0.865. The molecule has 0 N–H and O–H groups in total. The molecule has 1 heterocycles. The highest BCUT2D eigenvalue weighted by atomic mass is 32.1. The van der Waals surface area contributed by atoms with Crippen LogP contribution in [0.15, 0.2) is 17.1 Å². The lowest BCUT2D eigenvalue weighted by atomic mass is 10.8. The number of thiazole rings is 1. The molecule has 9 heavy (non-hydrogen) atoms. The molecule has 1 aromatic rings. The van der Waals surface area contributed by atoms with E-state index in [-0.39, 0.29) is 5.97 Å². The van der Waals surface area contributed by atoms with Crippen LogP contribution in [0.2, 0.25) is 0 Å². The van der Waals surface area contributed by atoms with Crippen LogP contribution in [0.5, 0.6) is 0 Å². The minimum Gasteiger partial charge on any atom is -0.245 e. The molecular formula is C5H6NO2S+. The first-order valence-electron chi connectivity index (χ1n) is 2.41. The van der Waals surface area contributed by atoms with E-state index in [4.69, 9.17) is 0 Å². The molecule has 4 heteroatoms. The monoisotopic (exact) mass is 144 g/mol. The van der Waals surface area contributed by atoms with Crippen LogP contribution in [-0.4, -0.2) is 5.97 Å². The third-order valence-electron chi connectivity index (χ3n) is 0.685. The molecule has 0 spiro atoms. The SMILES string of the molecule is CC(=O)O[n+]1ccsc1. The average Bonchev–Trinajstić information content (AvgIpc) is 2.15. The highest BCUT2D eigenvalue weighted by Gasteiger charge is 2.02. The number of hydrogen-bond acceptors (Lipinski definition) is 3. The highest BCUT2D eigenvalue weighted by molar-refractivity contribution is 7.07. The Balaban J connectivity index is 2.58. The van der Waals surface area contributed by atoms with Gasteiger partial charge in [-0.1, -0.05) is 11.3 Å². The van der Waals surface area contributed by atoms with E-state index in [2.05, 4.69) is 4.84 Å². The lowest BCUT2D eigenvalue weighted by Gasteiger charge is -1.82. The summed E-state index contributed by atoms with van der Waals surface area (Å²) in [6.07, 6.45) is 1.67. The van der Waals surface area contributed by atoms with Crippen LogP contribution in [0.3, 0.4) is 0 Å². The van der Waals surface area contributed by atoms with E-state index in [9.17, 15) is 4.79 Å². The van der Waals surface area contributed by atoms with Crippen molar-refractivity contribution in [1.82, 2.24) is 0 Å². The Morgan fingerprint density at radius 2 is 2.56 bits per heavy atom. The smallest absolute Gasteiger partial charge is 0.245 e. The summed E-state index contributed by atoms with van der Waals surface area (Å²) in [6, 6.07) is 0. The standard InChI is InChI=1S/C5H6NO2S/c1-5(7)8-6-2-3-9-4-6/h2-4H,1H3/q+1. The maximum absolute atomic E-state index is 10.3. The van der Waals surface area contributed by atoms with Crippen LogP contribution in [-0.2, 0) is 4.79 Å². The molecule has 0 aliphatic carbocycles. The Hall–Kier alpha value is -0.900. The summed E-state index contributed by atoms with van der Waals surface area (Å²) < 4.78 is 1.37. The molecule has 1 aromatic heterocycles. The van der Waals surface area contributed by atoms with Gasteiger partial charge in [-0.3, -0.25) is 0 Å². The van der Waals surface area contributed by atoms with Crippen molar-refractivity contribution < 1.29 is 14.4 Å². The van der Waals surface area contributed by atoms with E-state index in [0.29, 0.717) is 0 Å². The predicted octanol–water partition coefficient (Wildman–Crippen LogP) is 0.0107. The molecule has 0 bridgehead atoms. The van der Waals surface area contributed by atoms with Crippen molar-refractivity contribution in [2.75, 3.05) is 0 Å². The van der Waals surface area contributed by atoms with Crippen molar-refractivity contribution in [3.8, 4) is 0 Å². The van der Waals surface area contributed by atoms with Crippen LogP contribution < -0.4 is 9.57 Å². The van der Waals surface area contributed by atoms with Crippen LogP contribution in [0.25, 0.3) is 0 Å². The molecule has 1 rings (SSSR count). The maximum Gasteiger partial charge on any atom is 0.377 e. The fraction of sp³-hybridized carbons (Fsp3) is 0.200. The summed E-state index contributed by atoms with van der Waals surface area (Å²) in [5.74, 6) is -0.307. The Bertz CT molecular complexity index is 195. The summed E-state index contributed by atoms with van der Waals surface area (Å²) >= 11 is 1.47. The van der Waals surface area contributed by atoms with Gasteiger partial charge in [0.15, 0.2) is 0 Å². The summed E-state index contributed by atoms with van der Waals surface area (Å²) in [5, 5.41) is 1.82. The zero-order valence-corrected chi connectivity index (χ0v) is 5.72. The first-order chi connectivity index (χ1) is 4.29. The summed E-state index contributed by atoms with van der Waals surface area (Å²) in [6.45, 7) is 1.37. The number of aromatic nitrogens is 1. The molecule has 0 unspecified atom stereocenters. The molecule has 0 aliphatic rings. The molecule has 0 radical (unpaired) electrons. The Morgan fingerprint density at radius 1 is 1.78 bits per heavy atom. The maximum atomic E-state index is 10.3. The first kappa shape index (κ1) is 6.22. The molecule has 3 nitrogen and oxygen atoms in total. The summed E-state index contributed by atoms with van der Waals surface area (Å²) in [4.78, 5) is 14.9. The normalized spacial score (nSPS) is 9.00. The van der Waals surface area contributed by atoms with Crippen molar-refractivity contribution in [3.63, 3.8) is 0 Å². The van der Waals surface area contributed by atoms with Crippen molar-refractivity contribution in [1.29, 1.82) is 0 Å². The third kappa shape index (κ3) is 1.81. The molecule has 0 atom stereocenters. The third-order valence-corrected chi connectivity index (χ3v) is 1.29. The van der Waals surface area contributed by atoms with E-state index in [1.165, 1.54) is 23.0 Å². The molecule has 0 saturated heterocycles. The van der Waals surface area contributed by atoms with Crippen LogP contribution in [0.1, 0.15) is 6.92 Å². The lowest BCUT2D eigenvalue weighted by Crippen LogP contribution is -2.42.